The first-order valence-electron chi connectivity index (χ1n) is 5.10. The van der Waals surface area contributed by atoms with Crippen LogP contribution in [0, 0.1) is 0 Å². The molecule has 84 valence electrons. The first kappa shape index (κ1) is 10.6. The maximum absolute atomic E-state index is 10.3. The summed E-state index contributed by atoms with van der Waals surface area (Å²) in [5, 5.41) is 11.5. The number of aromatic amines is 1. The van der Waals surface area contributed by atoms with E-state index in [2.05, 4.69) is 15.3 Å². The summed E-state index contributed by atoms with van der Waals surface area (Å²) in [5.74, 6) is -0.781. The highest BCUT2D eigenvalue weighted by Gasteiger charge is 1.99. The second-order valence-corrected chi connectivity index (χ2v) is 3.57. The van der Waals surface area contributed by atoms with E-state index in [1.807, 2.05) is 18.2 Å². The topological polar surface area (TPSA) is 78.0 Å². The molecule has 0 aliphatic carbocycles. The predicted octanol–water partition coefficient (Wildman–Crippen LogP) is 1.13. The maximum Gasteiger partial charge on any atom is 0.304 e. The summed E-state index contributed by atoms with van der Waals surface area (Å²) in [5.41, 5.74) is 3.05. The Balaban J connectivity index is 1.91. The molecule has 1 heterocycles. The number of aromatic nitrogens is 2. The van der Waals surface area contributed by atoms with Crippen molar-refractivity contribution in [1.29, 1.82) is 0 Å². The summed E-state index contributed by atoms with van der Waals surface area (Å²) in [7, 11) is 0. The third-order valence-electron chi connectivity index (χ3n) is 2.33. The van der Waals surface area contributed by atoms with Crippen molar-refractivity contribution >= 4 is 17.0 Å². The van der Waals surface area contributed by atoms with Crippen molar-refractivity contribution in [3.05, 3.63) is 30.1 Å². The number of carboxylic acid groups (broad SMARTS) is 1. The van der Waals surface area contributed by atoms with E-state index in [1.165, 1.54) is 0 Å². The van der Waals surface area contributed by atoms with E-state index in [9.17, 15) is 4.79 Å². The molecule has 0 aliphatic heterocycles. The number of carboxylic acids is 1. The number of nitrogens with zero attached hydrogens (tertiary/aromatic N) is 1. The monoisotopic (exact) mass is 219 g/mol. The lowest BCUT2D eigenvalue weighted by Crippen LogP contribution is -2.17. The molecule has 0 fully saturated rings. The number of rotatable bonds is 5. The third-order valence-corrected chi connectivity index (χ3v) is 2.33. The Hall–Kier alpha value is -1.88. The van der Waals surface area contributed by atoms with Crippen molar-refractivity contribution in [2.45, 2.75) is 13.0 Å². The molecule has 5 nitrogen and oxygen atoms in total. The lowest BCUT2D eigenvalue weighted by molar-refractivity contribution is -0.136. The van der Waals surface area contributed by atoms with Gasteiger partial charge in [-0.3, -0.25) is 4.79 Å². The number of imidazole rings is 1. The van der Waals surface area contributed by atoms with E-state index in [1.54, 1.807) is 6.33 Å². The SMILES string of the molecule is O=C(O)CCNCc1ccc2nc[nH]c2c1. The minimum absolute atomic E-state index is 0.145. The maximum atomic E-state index is 10.3. The van der Waals surface area contributed by atoms with Crippen LogP contribution in [0.5, 0.6) is 0 Å². The summed E-state index contributed by atoms with van der Waals surface area (Å²) in [4.78, 5) is 17.5. The van der Waals surface area contributed by atoms with Crippen LogP contribution in [0.15, 0.2) is 24.5 Å². The number of H-pyrrole nitrogens is 1. The molecule has 0 aliphatic rings. The minimum atomic E-state index is -0.781. The quantitative estimate of drug-likeness (QED) is 0.659. The van der Waals surface area contributed by atoms with Gasteiger partial charge in [0.25, 0.3) is 0 Å². The normalized spacial score (nSPS) is 10.8. The standard InChI is InChI=1S/C11H13N3O2/c15-11(16)3-4-12-6-8-1-2-9-10(5-8)14-7-13-9/h1-2,5,7,12H,3-4,6H2,(H,13,14)(H,15,16). The largest absolute Gasteiger partial charge is 0.481 e. The van der Waals surface area contributed by atoms with Crippen LogP contribution in [0.3, 0.4) is 0 Å². The van der Waals surface area contributed by atoms with E-state index in [-0.39, 0.29) is 6.42 Å². The second kappa shape index (κ2) is 4.76. The average Bonchev–Trinajstić information content (AvgIpc) is 2.71. The molecule has 0 saturated heterocycles. The van der Waals surface area contributed by atoms with Crippen molar-refractivity contribution in [3.8, 4) is 0 Å². The van der Waals surface area contributed by atoms with E-state index in [4.69, 9.17) is 5.11 Å². The Kier molecular flexibility index (Phi) is 3.16. The highest BCUT2D eigenvalue weighted by molar-refractivity contribution is 5.75. The molecule has 1 aromatic heterocycles. The molecule has 0 saturated carbocycles. The first-order valence-corrected chi connectivity index (χ1v) is 5.10. The molecule has 1 aromatic carbocycles. The zero-order valence-electron chi connectivity index (χ0n) is 8.73. The van der Waals surface area contributed by atoms with Gasteiger partial charge in [-0.2, -0.15) is 0 Å². The van der Waals surface area contributed by atoms with E-state index >= 15 is 0 Å². The predicted molar refractivity (Wildman–Crippen MR) is 60.1 cm³/mol. The van der Waals surface area contributed by atoms with Crippen LogP contribution in [0.4, 0.5) is 0 Å². The van der Waals surface area contributed by atoms with Crippen LogP contribution in [0.2, 0.25) is 0 Å². The Morgan fingerprint density at radius 2 is 2.38 bits per heavy atom. The van der Waals surface area contributed by atoms with Crippen molar-refractivity contribution in [3.63, 3.8) is 0 Å². The molecule has 2 aromatic rings. The average molecular weight is 219 g/mol. The molecular formula is C11H13N3O2. The Labute approximate surface area is 92.5 Å². The summed E-state index contributed by atoms with van der Waals surface area (Å²) < 4.78 is 0. The third kappa shape index (κ3) is 2.58. The van der Waals surface area contributed by atoms with Gasteiger partial charge >= 0.3 is 5.97 Å². The van der Waals surface area contributed by atoms with Gasteiger partial charge in [0, 0.05) is 13.1 Å². The lowest BCUT2D eigenvalue weighted by atomic mass is 10.2. The lowest BCUT2D eigenvalue weighted by Gasteiger charge is -2.03. The summed E-state index contributed by atoms with van der Waals surface area (Å²) in [6, 6.07) is 5.94. The highest BCUT2D eigenvalue weighted by Crippen LogP contribution is 2.11. The molecule has 0 radical (unpaired) electrons. The van der Waals surface area contributed by atoms with Crippen LogP contribution in [-0.4, -0.2) is 27.6 Å². The van der Waals surface area contributed by atoms with Crippen LogP contribution in [0.25, 0.3) is 11.0 Å². The number of hydrogen-bond donors (Lipinski definition) is 3. The number of hydrogen-bond acceptors (Lipinski definition) is 3. The van der Waals surface area contributed by atoms with Crippen LogP contribution < -0.4 is 5.32 Å². The van der Waals surface area contributed by atoms with Gasteiger partial charge in [0.05, 0.1) is 23.8 Å². The molecule has 2 rings (SSSR count). The number of nitrogens with one attached hydrogen (secondary N) is 2. The zero-order chi connectivity index (χ0) is 11.4. The number of carbonyl (C=O) groups is 1. The van der Waals surface area contributed by atoms with Gasteiger partial charge in [-0.1, -0.05) is 6.07 Å². The number of fused-ring (bicyclic) bond motifs is 1. The van der Waals surface area contributed by atoms with Gasteiger partial charge in [-0.05, 0) is 17.7 Å². The fourth-order valence-corrected chi connectivity index (χ4v) is 1.52. The van der Waals surface area contributed by atoms with E-state index in [0.717, 1.165) is 16.6 Å². The van der Waals surface area contributed by atoms with Gasteiger partial charge in [-0.15, -0.1) is 0 Å². The molecule has 0 spiro atoms. The first-order chi connectivity index (χ1) is 7.75. The van der Waals surface area contributed by atoms with E-state index in [0.29, 0.717) is 13.1 Å². The van der Waals surface area contributed by atoms with Gasteiger partial charge in [0.1, 0.15) is 0 Å². The molecule has 0 atom stereocenters. The fourth-order valence-electron chi connectivity index (χ4n) is 1.52. The molecule has 0 amide bonds. The van der Waals surface area contributed by atoms with Crippen molar-refractivity contribution in [2.24, 2.45) is 0 Å². The Morgan fingerprint density at radius 1 is 1.50 bits per heavy atom. The summed E-state index contributed by atoms with van der Waals surface area (Å²) in [6.07, 6.45) is 1.80. The van der Waals surface area contributed by atoms with Gasteiger partial charge in [0.15, 0.2) is 0 Å². The molecule has 16 heavy (non-hydrogen) atoms. The van der Waals surface area contributed by atoms with E-state index < -0.39 is 5.97 Å². The van der Waals surface area contributed by atoms with Crippen LogP contribution in [0.1, 0.15) is 12.0 Å². The molecular weight excluding hydrogens is 206 g/mol. The van der Waals surface area contributed by atoms with Gasteiger partial charge in [-0.25, -0.2) is 4.98 Å². The van der Waals surface area contributed by atoms with Gasteiger partial charge in [0.2, 0.25) is 0 Å². The Bertz CT molecular complexity index is 493. The smallest absolute Gasteiger partial charge is 0.304 e. The number of benzene rings is 1. The molecule has 0 unspecified atom stereocenters. The van der Waals surface area contributed by atoms with Crippen molar-refractivity contribution < 1.29 is 9.90 Å². The minimum Gasteiger partial charge on any atom is -0.481 e. The van der Waals surface area contributed by atoms with Gasteiger partial charge < -0.3 is 15.4 Å². The molecule has 3 N–H and O–H groups in total. The Morgan fingerprint density at radius 3 is 3.19 bits per heavy atom. The van der Waals surface area contributed by atoms with Crippen LogP contribution in [-0.2, 0) is 11.3 Å². The van der Waals surface area contributed by atoms with Crippen molar-refractivity contribution in [1.82, 2.24) is 15.3 Å². The summed E-state index contributed by atoms with van der Waals surface area (Å²) in [6.45, 7) is 1.15. The summed E-state index contributed by atoms with van der Waals surface area (Å²) >= 11 is 0. The van der Waals surface area contributed by atoms with Crippen LogP contribution >= 0.6 is 0 Å². The number of aliphatic carboxylic acids is 1. The van der Waals surface area contributed by atoms with Crippen molar-refractivity contribution in [2.75, 3.05) is 6.54 Å². The second-order valence-electron chi connectivity index (χ2n) is 3.57. The molecule has 5 heteroatoms. The zero-order valence-corrected chi connectivity index (χ0v) is 8.73. The fraction of sp³-hybridized carbons (Fsp3) is 0.273. The highest BCUT2D eigenvalue weighted by atomic mass is 16.4. The molecule has 0 bridgehead atoms.